The maximum atomic E-state index is 11.3. The van der Waals surface area contributed by atoms with Gasteiger partial charge in [-0.3, -0.25) is 9.59 Å². The summed E-state index contributed by atoms with van der Waals surface area (Å²) in [5.41, 5.74) is -0.613. The molecule has 0 fully saturated rings. The lowest BCUT2D eigenvalue weighted by atomic mass is 9.76. The van der Waals surface area contributed by atoms with Crippen LogP contribution in [0.15, 0.2) is 0 Å². The van der Waals surface area contributed by atoms with E-state index in [0.29, 0.717) is 0 Å². The Morgan fingerprint density at radius 1 is 0.722 bits per heavy atom. The topological polar surface area (TPSA) is 52.6 Å². The summed E-state index contributed by atoms with van der Waals surface area (Å²) in [6.45, 7) is 14.5. The van der Waals surface area contributed by atoms with Gasteiger partial charge in [0.25, 0.3) is 0 Å². The van der Waals surface area contributed by atoms with Crippen molar-refractivity contribution >= 4 is 11.9 Å². The molecule has 0 aliphatic carbocycles. The molecule has 0 heterocycles. The van der Waals surface area contributed by atoms with Gasteiger partial charge in [-0.1, -0.05) is 41.5 Å². The average Bonchev–Trinajstić information content (AvgIpc) is 2.06. The van der Waals surface area contributed by atoms with Gasteiger partial charge in [0, 0.05) is 24.7 Å². The Kier molecular flexibility index (Phi) is 5.38. The minimum Gasteiger partial charge on any atom is -0.458 e. The highest BCUT2D eigenvalue weighted by atomic mass is 16.6. The number of ether oxygens (including phenoxy) is 2. The molecule has 106 valence electrons. The van der Waals surface area contributed by atoms with E-state index >= 15 is 0 Å². The van der Waals surface area contributed by atoms with E-state index in [9.17, 15) is 9.59 Å². The normalized spacial score (nSPS) is 15.8. The lowest BCUT2D eigenvalue weighted by molar-refractivity contribution is -0.185. The second-order valence-corrected chi connectivity index (χ2v) is 6.79. The Morgan fingerprint density at radius 3 is 1.06 bits per heavy atom. The molecule has 0 aromatic rings. The average molecular weight is 258 g/mol. The monoisotopic (exact) mass is 258 g/mol. The van der Waals surface area contributed by atoms with Gasteiger partial charge in [0.05, 0.1) is 0 Å². The number of esters is 2. The predicted octanol–water partition coefficient (Wildman–Crippen LogP) is 2.94. The van der Waals surface area contributed by atoms with Gasteiger partial charge in [0.15, 0.2) is 0 Å². The maximum Gasteiger partial charge on any atom is 0.303 e. The lowest BCUT2D eigenvalue weighted by Crippen LogP contribution is -2.49. The summed E-state index contributed by atoms with van der Waals surface area (Å²) in [4.78, 5) is 22.5. The van der Waals surface area contributed by atoms with Crippen molar-refractivity contribution in [1.29, 1.82) is 0 Å². The van der Waals surface area contributed by atoms with Gasteiger partial charge in [-0.25, -0.2) is 0 Å². The van der Waals surface area contributed by atoms with Gasteiger partial charge < -0.3 is 9.47 Å². The van der Waals surface area contributed by atoms with E-state index in [4.69, 9.17) is 9.47 Å². The molecule has 0 aliphatic rings. The van der Waals surface area contributed by atoms with Crippen molar-refractivity contribution in [2.45, 2.75) is 67.6 Å². The first kappa shape index (κ1) is 16.9. The first-order chi connectivity index (χ1) is 7.85. The Hall–Kier alpha value is -1.06. The highest BCUT2D eigenvalue weighted by Crippen LogP contribution is 2.35. The highest BCUT2D eigenvalue weighted by Gasteiger charge is 2.43. The first-order valence-electron chi connectivity index (χ1n) is 6.20. The molecule has 4 nitrogen and oxygen atoms in total. The summed E-state index contributed by atoms with van der Waals surface area (Å²) >= 11 is 0. The highest BCUT2D eigenvalue weighted by molar-refractivity contribution is 5.67. The van der Waals surface area contributed by atoms with E-state index in [2.05, 4.69) is 0 Å². The second kappa shape index (κ2) is 5.72. The molecule has 0 amide bonds. The van der Waals surface area contributed by atoms with Crippen molar-refractivity contribution in [3.63, 3.8) is 0 Å². The summed E-state index contributed by atoms with van der Waals surface area (Å²) in [6.07, 6.45) is -0.946. The van der Waals surface area contributed by atoms with E-state index in [0.717, 1.165) is 0 Å². The molecule has 0 unspecified atom stereocenters. The fraction of sp³-hybridized carbons (Fsp3) is 0.857. The molecule has 0 aromatic heterocycles. The summed E-state index contributed by atoms with van der Waals surface area (Å²) in [6, 6.07) is 0. The molecule has 18 heavy (non-hydrogen) atoms. The van der Waals surface area contributed by atoms with Crippen LogP contribution in [0.4, 0.5) is 0 Å². The van der Waals surface area contributed by atoms with Crippen LogP contribution < -0.4 is 0 Å². The van der Waals surface area contributed by atoms with E-state index in [1.165, 1.54) is 13.8 Å². The van der Waals surface area contributed by atoms with Crippen LogP contribution in [0.3, 0.4) is 0 Å². The molecule has 0 saturated heterocycles. The molecular weight excluding hydrogens is 232 g/mol. The minimum atomic E-state index is -0.473. The van der Waals surface area contributed by atoms with Crippen LogP contribution in [0.2, 0.25) is 0 Å². The number of rotatable bonds is 3. The predicted molar refractivity (Wildman–Crippen MR) is 70.0 cm³/mol. The zero-order valence-electron chi connectivity index (χ0n) is 12.8. The summed E-state index contributed by atoms with van der Waals surface area (Å²) in [7, 11) is 0. The largest absolute Gasteiger partial charge is 0.458 e. The molecule has 0 radical (unpaired) electrons. The van der Waals surface area contributed by atoms with Gasteiger partial charge in [-0.05, 0) is 0 Å². The van der Waals surface area contributed by atoms with Crippen molar-refractivity contribution in [2.75, 3.05) is 0 Å². The van der Waals surface area contributed by atoms with Gasteiger partial charge in [0.1, 0.15) is 12.2 Å². The fourth-order valence-corrected chi connectivity index (χ4v) is 1.74. The smallest absolute Gasteiger partial charge is 0.303 e. The first-order valence-corrected chi connectivity index (χ1v) is 6.20. The van der Waals surface area contributed by atoms with Crippen LogP contribution in [0.25, 0.3) is 0 Å². The number of hydrogen-bond acceptors (Lipinski definition) is 4. The van der Waals surface area contributed by atoms with Crippen molar-refractivity contribution in [3.8, 4) is 0 Å². The SMILES string of the molecule is CC(=O)O[C@@H]([C@H](OC(C)=O)C(C)(C)C)C(C)(C)C. The summed E-state index contributed by atoms with van der Waals surface area (Å²) in [5, 5.41) is 0. The van der Waals surface area contributed by atoms with Gasteiger partial charge in [-0.15, -0.1) is 0 Å². The standard InChI is InChI=1S/C14H26O4/c1-9(15)17-11(13(3,4)5)12(14(6,7)8)18-10(2)16/h11-12H,1-8H3/t11-,12-/m0/s1. The molecule has 0 N–H and O–H groups in total. The molecular formula is C14H26O4. The molecule has 0 spiro atoms. The van der Waals surface area contributed by atoms with Gasteiger partial charge in [0.2, 0.25) is 0 Å². The number of hydrogen-bond donors (Lipinski definition) is 0. The van der Waals surface area contributed by atoms with Crippen LogP contribution >= 0.6 is 0 Å². The Labute approximate surface area is 110 Å². The zero-order chi connectivity index (χ0) is 14.7. The third-order valence-corrected chi connectivity index (χ3v) is 2.57. The van der Waals surface area contributed by atoms with Gasteiger partial charge >= 0.3 is 11.9 Å². The Morgan fingerprint density at radius 2 is 0.944 bits per heavy atom. The quantitative estimate of drug-likeness (QED) is 0.730. The Balaban J connectivity index is 5.34. The van der Waals surface area contributed by atoms with E-state index in [1.807, 2.05) is 41.5 Å². The molecule has 2 atom stereocenters. The molecule has 0 saturated carbocycles. The summed E-state index contributed by atoms with van der Waals surface area (Å²) < 4.78 is 10.8. The van der Waals surface area contributed by atoms with Crippen molar-refractivity contribution in [2.24, 2.45) is 10.8 Å². The van der Waals surface area contributed by atoms with Crippen LogP contribution in [0.5, 0.6) is 0 Å². The molecule has 0 aromatic carbocycles. The summed E-state index contributed by atoms with van der Waals surface area (Å²) in [5.74, 6) is -0.729. The zero-order valence-corrected chi connectivity index (χ0v) is 12.8. The number of carbonyl (C=O) groups excluding carboxylic acids is 2. The number of carbonyl (C=O) groups is 2. The minimum absolute atomic E-state index is 0.306. The molecule has 0 aliphatic heterocycles. The van der Waals surface area contributed by atoms with E-state index in [-0.39, 0.29) is 22.8 Å². The van der Waals surface area contributed by atoms with Crippen molar-refractivity contribution in [1.82, 2.24) is 0 Å². The second-order valence-electron chi connectivity index (χ2n) is 6.79. The van der Waals surface area contributed by atoms with Crippen LogP contribution in [0.1, 0.15) is 55.4 Å². The van der Waals surface area contributed by atoms with Crippen LogP contribution in [-0.2, 0) is 19.1 Å². The third kappa shape index (κ3) is 5.52. The Bertz CT molecular complexity index is 275. The third-order valence-electron chi connectivity index (χ3n) is 2.57. The van der Waals surface area contributed by atoms with Gasteiger partial charge in [-0.2, -0.15) is 0 Å². The van der Waals surface area contributed by atoms with Crippen molar-refractivity contribution < 1.29 is 19.1 Å². The maximum absolute atomic E-state index is 11.3. The van der Waals surface area contributed by atoms with Crippen LogP contribution in [0, 0.1) is 10.8 Å². The van der Waals surface area contributed by atoms with E-state index in [1.54, 1.807) is 0 Å². The molecule has 0 bridgehead atoms. The van der Waals surface area contributed by atoms with Crippen LogP contribution in [-0.4, -0.2) is 24.1 Å². The fourth-order valence-electron chi connectivity index (χ4n) is 1.74. The molecule has 4 heteroatoms. The van der Waals surface area contributed by atoms with Crippen molar-refractivity contribution in [3.05, 3.63) is 0 Å². The van der Waals surface area contributed by atoms with E-state index < -0.39 is 12.2 Å². The lowest BCUT2D eigenvalue weighted by Gasteiger charge is -2.41. The molecule has 0 rings (SSSR count).